The third-order valence-corrected chi connectivity index (χ3v) is 5.94. The third-order valence-electron chi connectivity index (χ3n) is 5.94. The van der Waals surface area contributed by atoms with Crippen LogP contribution in [-0.2, 0) is 16.6 Å². The maximum absolute atomic E-state index is 13.6. The van der Waals surface area contributed by atoms with Gasteiger partial charge in [-0.2, -0.15) is 19.0 Å². The van der Waals surface area contributed by atoms with Crippen molar-refractivity contribution in [3.8, 4) is 5.69 Å². The minimum atomic E-state index is -3.54. The Morgan fingerprint density at radius 3 is 2.53 bits per heavy atom. The average molecular weight is 464 g/mol. The Balaban J connectivity index is 1.54. The number of fused-ring (bicyclic) bond motifs is 1. The fourth-order valence-corrected chi connectivity index (χ4v) is 4.39. The van der Waals surface area contributed by atoms with Gasteiger partial charge in [-0.25, -0.2) is 4.68 Å². The summed E-state index contributed by atoms with van der Waals surface area (Å²) in [5, 5.41) is 11.8. The molecule has 5 rings (SSSR count). The molecule has 2 atom stereocenters. The van der Waals surface area contributed by atoms with Crippen LogP contribution in [-0.4, -0.2) is 43.3 Å². The van der Waals surface area contributed by atoms with E-state index in [1.54, 1.807) is 32.7 Å². The van der Waals surface area contributed by atoms with E-state index < -0.39 is 23.9 Å². The summed E-state index contributed by atoms with van der Waals surface area (Å²) in [6.07, 6.45) is 5.15. The van der Waals surface area contributed by atoms with Crippen LogP contribution in [0.25, 0.3) is 16.6 Å². The van der Waals surface area contributed by atoms with E-state index in [2.05, 4.69) is 15.5 Å². The summed E-state index contributed by atoms with van der Waals surface area (Å²) in [7, 11) is 1.82. The quantitative estimate of drug-likeness (QED) is 0.491. The van der Waals surface area contributed by atoms with E-state index in [4.69, 9.17) is 0 Å². The molecule has 4 aromatic rings. The number of benzene rings is 2. The Labute approximate surface area is 193 Å². The third kappa shape index (κ3) is 3.81. The number of alkyl halides is 2. The molecule has 2 aromatic heterocycles. The van der Waals surface area contributed by atoms with Gasteiger partial charge in [0.25, 0.3) is 5.91 Å². The van der Waals surface area contributed by atoms with E-state index in [9.17, 15) is 18.4 Å². The molecule has 10 heteroatoms. The number of rotatable bonds is 5. The first kappa shape index (κ1) is 21.7. The SMILES string of the molecule is Cn1cc(-n2ncc3cc(N4C(=O)C[C@H](NC(=O)C(C)(F)F)C4c4ccccc4)ccc32)cn1. The van der Waals surface area contributed by atoms with Crippen LogP contribution in [0.1, 0.15) is 24.9 Å². The van der Waals surface area contributed by atoms with Gasteiger partial charge in [-0.3, -0.25) is 14.3 Å². The van der Waals surface area contributed by atoms with Crippen LogP contribution in [0.2, 0.25) is 0 Å². The number of aromatic nitrogens is 4. The van der Waals surface area contributed by atoms with E-state index in [1.165, 1.54) is 0 Å². The summed E-state index contributed by atoms with van der Waals surface area (Å²) in [5.74, 6) is -5.21. The van der Waals surface area contributed by atoms with E-state index >= 15 is 0 Å². The Kier molecular flexibility index (Phi) is 5.15. The van der Waals surface area contributed by atoms with Crippen LogP contribution < -0.4 is 10.2 Å². The van der Waals surface area contributed by atoms with Crippen molar-refractivity contribution < 1.29 is 18.4 Å². The first-order valence-corrected chi connectivity index (χ1v) is 10.7. The summed E-state index contributed by atoms with van der Waals surface area (Å²) >= 11 is 0. The first-order chi connectivity index (χ1) is 16.2. The summed E-state index contributed by atoms with van der Waals surface area (Å²) in [6, 6.07) is 13.1. The summed E-state index contributed by atoms with van der Waals surface area (Å²) in [5.41, 5.74) is 2.96. The number of halogens is 2. The molecule has 1 fully saturated rings. The molecule has 2 amide bonds. The number of carbonyl (C=O) groups excluding carboxylic acids is 2. The number of nitrogens with one attached hydrogen (secondary N) is 1. The van der Waals surface area contributed by atoms with Gasteiger partial charge in [0.05, 0.1) is 36.2 Å². The highest BCUT2D eigenvalue weighted by Crippen LogP contribution is 2.39. The monoisotopic (exact) mass is 464 g/mol. The molecule has 174 valence electrons. The van der Waals surface area contributed by atoms with Gasteiger partial charge >= 0.3 is 5.92 Å². The molecule has 1 N–H and O–H groups in total. The largest absolute Gasteiger partial charge is 0.345 e. The zero-order valence-corrected chi connectivity index (χ0v) is 18.5. The molecular weight excluding hydrogens is 442 g/mol. The molecule has 0 bridgehead atoms. The van der Waals surface area contributed by atoms with Crippen molar-refractivity contribution in [2.45, 2.75) is 31.4 Å². The molecular formula is C24H22F2N6O2. The summed E-state index contributed by atoms with van der Waals surface area (Å²) in [6.45, 7) is 0.544. The van der Waals surface area contributed by atoms with Gasteiger partial charge in [0.15, 0.2) is 0 Å². The number of aryl methyl sites for hydroxylation is 1. The molecule has 1 aliphatic rings. The molecule has 0 spiro atoms. The minimum absolute atomic E-state index is 0.0889. The smallest absolute Gasteiger partial charge is 0.321 e. The van der Waals surface area contributed by atoms with E-state index in [0.717, 1.165) is 22.2 Å². The Hall–Kier alpha value is -4.08. The van der Waals surface area contributed by atoms with Crippen molar-refractivity contribution >= 4 is 28.4 Å². The molecule has 1 aliphatic heterocycles. The number of anilines is 1. The highest BCUT2D eigenvalue weighted by molar-refractivity contribution is 6.00. The zero-order valence-electron chi connectivity index (χ0n) is 18.5. The molecule has 8 nitrogen and oxygen atoms in total. The molecule has 2 aromatic carbocycles. The van der Waals surface area contributed by atoms with Crippen LogP contribution in [0.5, 0.6) is 0 Å². The van der Waals surface area contributed by atoms with Crippen molar-refractivity contribution in [3.63, 3.8) is 0 Å². The van der Waals surface area contributed by atoms with Crippen molar-refractivity contribution in [1.82, 2.24) is 24.9 Å². The number of carbonyl (C=O) groups is 2. The number of hydrogen-bond acceptors (Lipinski definition) is 4. The highest BCUT2D eigenvalue weighted by Gasteiger charge is 2.45. The highest BCUT2D eigenvalue weighted by atomic mass is 19.3. The van der Waals surface area contributed by atoms with Crippen molar-refractivity contribution in [2.75, 3.05) is 4.90 Å². The maximum atomic E-state index is 13.6. The van der Waals surface area contributed by atoms with Crippen LogP contribution in [0.15, 0.2) is 67.1 Å². The lowest BCUT2D eigenvalue weighted by Gasteiger charge is -2.29. The first-order valence-electron chi connectivity index (χ1n) is 10.7. The standard InChI is InChI=1S/C24H22F2N6O2/c1-24(25,26)23(34)29-19-11-21(33)31(22(19)15-6-4-3-5-7-15)17-8-9-20-16(10-17)12-28-32(20)18-13-27-30(2)14-18/h3-10,12-14,19,22H,11H2,1-2H3,(H,29,34)/t19-,22?/m0/s1. The number of hydrogen-bond donors (Lipinski definition) is 1. The Morgan fingerprint density at radius 1 is 1.09 bits per heavy atom. The van der Waals surface area contributed by atoms with Gasteiger partial charge in [-0.1, -0.05) is 30.3 Å². The number of nitrogens with zero attached hydrogens (tertiary/aromatic N) is 5. The lowest BCUT2D eigenvalue weighted by atomic mass is 9.99. The van der Waals surface area contributed by atoms with E-state index in [1.807, 2.05) is 55.7 Å². The number of amides is 2. The Morgan fingerprint density at radius 2 is 1.85 bits per heavy atom. The second kappa shape index (κ2) is 8.05. The predicted octanol–water partition coefficient (Wildman–Crippen LogP) is 3.38. The second-order valence-electron chi connectivity index (χ2n) is 8.46. The van der Waals surface area contributed by atoms with Crippen LogP contribution in [0, 0.1) is 0 Å². The fraction of sp³-hybridized carbons (Fsp3) is 0.250. The van der Waals surface area contributed by atoms with Gasteiger partial charge in [-0.05, 0) is 23.8 Å². The van der Waals surface area contributed by atoms with Crippen molar-refractivity contribution in [2.24, 2.45) is 7.05 Å². The molecule has 0 saturated carbocycles. The molecule has 1 saturated heterocycles. The van der Waals surface area contributed by atoms with Crippen molar-refractivity contribution in [3.05, 3.63) is 72.7 Å². The normalized spacial score (nSPS) is 18.6. The fourth-order valence-electron chi connectivity index (χ4n) is 4.39. The van der Waals surface area contributed by atoms with E-state index in [-0.39, 0.29) is 12.3 Å². The zero-order chi connectivity index (χ0) is 24.0. The average Bonchev–Trinajstić information content (AvgIpc) is 3.49. The summed E-state index contributed by atoms with van der Waals surface area (Å²) in [4.78, 5) is 26.7. The molecule has 0 radical (unpaired) electrons. The predicted molar refractivity (Wildman–Crippen MR) is 122 cm³/mol. The van der Waals surface area contributed by atoms with E-state index in [0.29, 0.717) is 12.6 Å². The van der Waals surface area contributed by atoms with Gasteiger partial charge in [0.2, 0.25) is 5.91 Å². The van der Waals surface area contributed by atoms with Crippen LogP contribution >= 0.6 is 0 Å². The van der Waals surface area contributed by atoms with Gasteiger partial charge in [0.1, 0.15) is 5.69 Å². The van der Waals surface area contributed by atoms with Gasteiger partial charge in [-0.15, -0.1) is 0 Å². The molecule has 0 aliphatic carbocycles. The van der Waals surface area contributed by atoms with Crippen LogP contribution in [0.3, 0.4) is 0 Å². The maximum Gasteiger partial charge on any atom is 0.321 e. The summed E-state index contributed by atoms with van der Waals surface area (Å²) < 4.78 is 30.6. The van der Waals surface area contributed by atoms with Gasteiger partial charge in [0, 0.05) is 31.5 Å². The molecule has 3 heterocycles. The topological polar surface area (TPSA) is 85.0 Å². The van der Waals surface area contributed by atoms with Crippen LogP contribution in [0.4, 0.5) is 14.5 Å². The molecule has 1 unspecified atom stereocenters. The van der Waals surface area contributed by atoms with Crippen molar-refractivity contribution in [1.29, 1.82) is 0 Å². The lowest BCUT2D eigenvalue weighted by molar-refractivity contribution is -0.143. The lowest BCUT2D eigenvalue weighted by Crippen LogP contribution is -2.46. The minimum Gasteiger partial charge on any atom is -0.345 e. The second-order valence-corrected chi connectivity index (χ2v) is 8.46. The van der Waals surface area contributed by atoms with Gasteiger partial charge < -0.3 is 10.2 Å². The molecule has 34 heavy (non-hydrogen) atoms. The Bertz CT molecular complexity index is 1380.